The van der Waals surface area contributed by atoms with E-state index in [2.05, 4.69) is 15.2 Å². The molecule has 1 aliphatic carbocycles. The molecule has 1 saturated carbocycles. The average Bonchev–Trinajstić information content (AvgIpc) is 3.78. The first-order valence-corrected chi connectivity index (χ1v) is 15.9. The second-order valence-corrected chi connectivity index (χ2v) is 12.7. The minimum atomic E-state index is -4.58. The zero-order chi connectivity index (χ0) is 31.1. The molecule has 2 bridgehead atoms. The van der Waals surface area contributed by atoms with Gasteiger partial charge in [-0.05, 0) is 63.3 Å². The molecule has 1 atom stereocenters. The van der Waals surface area contributed by atoms with Crippen molar-refractivity contribution in [3.63, 3.8) is 0 Å². The lowest BCUT2D eigenvalue weighted by Gasteiger charge is -2.45. The van der Waals surface area contributed by atoms with E-state index in [1.807, 2.05) is 36.9 Å². The zero-order valence-corrected chi connectivity index (χ0v) is 25.5. The summed E-state index contributed by atoms with van der Waals surface area (Å²) in [6, 6.07) is 7.06. The number of carbonyl (C=O) groups excluding carboxylic acids is 2. The number of carbonyl (C=O) groups is 2. The molecule has 1 N–H and O–H groups in total. The van der Waals surface area contributed by atoms with Crippen LogP contribution < -0.4 is 15.0 Å². The number of aromatic nitrogens is 2. The van der Waals surface area contributed by atoms with E-state index < -0.39 is 17.5 Å². The molecule has 9 nitrogen and oxygen atoms in total. The van der Waals surface area contributed by atoms with Crippen molar-refractivity contribution in [1.82, 2.24) is 25.1 Å². The number of ether oxygens (including phenoxy) is 1. The number of halogens is 3. The molecule has 0 aromatic carbocycles. The summed E-state index contributed by atoms with van der Waals surface area (Å²) < 4.78 is 48.5. The largest absolute Gasteiger partial charge is 0.477 e. The number of amides is 2. The van der Waals surface area contributed by atoms with Crippen molar-refractivity contribution in [3.8, 4) is 17.1 Å². The Balaban J connectivity index is 1.32. The van der Waals surface area contributed by atoms with E-state index in [1.165, 1.54) is 4.90 Å². The highest BCUT2D eigenvalue weighted by Crippen LogP contribution is 2.52. The molecule has 44 heavy (non-hydrogen) atoms. The summed E-state index contributed by atoms with van der Waals surface area (Å²) in [6.45, 7) is 7.56. The van der Waals surface area contributed by atoms with Crippen molar-refractivity contribution in [2.24, 2.45) is 5.41 Å². The van der Waals surface area contributed by atoms with Crippen molar-refractivity contribution in [2.75, 3.05) is 50.8 Å². The summed E-state index contributed by atoms with van der Waals surface area (Å²) in [6.07, 6.45) is -0.0932. The molecule has 0 spiro atoms. The zero-order valence-electron chi connectivity index (χ0n) is 25.5. The maximum Gasteiger partial charge on any atom is 0.403 e. The van der Waals surface area contributed by atoms with Crippen molar-refractivity contribution >= 4 is 17.5 Å². The molecule has 12 heteroatoms. The van der Waals surface area contributed by atoms with Crippen molar-refractivity contribution < 1.29 is 27.5 Å². The number of piperidine rings is 1. The summed E-state index contributed by atoms with van der Waals surface area (Å²) in [5, 5.41) is 3.31. The van der Waals surface area contributed by atoms with E-state index in [1.54, 1.807) is 12.3 Å². The first-order valence-electron chi connectivity index (χ1n) is 15.9. The van der Waals surface area contributed by atoms with Gasteiger partial charge in [-0.1, -0.05) is 19.8 Å². The predicted molar refractivity (Wildman–Crippen MR) is 159 cm³/mol. The highest BCUT2D eigenvalue weighted by molar-refractivity contribution is 5.99. The maximum absolute atomic E-state index is 14.2. The molecule has 2 amide bonds. The maximum atomic E-state index is 14.2. The molecular weight excluding hydrogens is 573 g/mol. The Morgan fingerprint density at radius 2 is 1.80 bits per heavy atom. The molecule has 3 aliphatic heterocycles. The van der Waals surface area contributed by atoms with E-state index in [4.69, 9.17) is 9.72 Å². The predicted octanol–water partition coefficient (Wildman–Crippen LogP) is 4.67. The quantitative estimate of drug-likeness (QED) is 0.462. The smallest absolute Gasteiger partial charge is 0.403 e. The minimum absolute atomic E-state index is 0.145. The van der Waals surface area contributed by atoms with Crippen molar-refractivity contribution in [3.05, 3.63) is 36.2 Å². The van der Waals surface area contributed by atoms with E-state index in [9.17, 15) is 22.8 Å². The van der Waals surface area contributed by atoms with Crippen LogP contribution in [0.5, 0.6) is 5.88 Å². The van der Waals surface area contributed by atoms with Gasteiger partial charge in [0.25, 0.3) is 5.91 Å². The first-order chi connectivity index (χ1) is 21.1. The molecule has 0 unspecified atom stereocenters. The normalized spacial score (nSPS) is 26.2. The second kappa shape index (κ2) is 11.8. The van der Waals surface area contributed by atoms with Gasteiger partial charge in [-0.15, -0.1) is 0 Å². The molecule has 6 rings (SSSR count). The number of anilines is 1. The lowest BCUT2D eigenvalue weighted by Crippen LogP contribution is -2.60. The fourth-order valence-electron chi connectivity index (χ4n) is 7.63. The van der Waals surface area contributed by atoms with E-state index >= 15 is 0 Å². The summed E-state index contributed by atoms with van der Waals surface area (Å²) >= 11 is 0. The summed E-state index contributed by atoms with van der Waals surface area (Å²) in [5.41, 5.74) is -0.504. The van der Waals surface area contributed by atoms with Crippen LogP contribution in [-0.4, -0.2) is 95.2 Å². The van der Waals surface area contributed by atoms with Crippen LogP contribution in [0.3, 0.4) is 0 Å². The van der Waals surface area contributed by atoms with Gasteiger partial charge < -0.3 is 24.8 Å². The monoisotopic (exact) mass is 614 g/mol. The van der Waals surface area contributed by atoms with Gasteiger partial charge in [0.2, 0.25) is 11.8 Å². The van der Waals surface area contributed by atoms with Gasteiger partial charge in [0.05, 0.1) is 29.1 Å². The molecule has 4 fully saturated rings. The third-order valence-corrected chi connectivity index (χ3v) is 10.1. The van der Waals surface area contributed by atoms with Gasteiger partial charge in [0.1, 0.15) is 5.41 Å². The summed E-state index contributed by atoms with van der Waals surface area (Å²) in [5.74, 6) is -0.660. The average molecular weight is 615 g/mol. The van der Waals surface area contributed by atoms with Crippen LogP contribution in [0.25, 0.3) is 11.3 Å². The molecule has 2 aromatic heterocycles. The van der Waals surface area contributed by atoms with Crippen LogP contribution in [0.4, 0.5) is 18.9 Å². The van der Waals surface area contributed by atoms with Crippen LogP contribution in [0, 0.1) is 5.41 Å². The standard InChI is InChI=1S/C32H41F3N6O3/c1-3-22-20-40(29(43)31(32(33,34)35)11-5-6-12-31)18-19-41(22)25-10-9-24(23-8-7-15-36-28(23)44-4-2)37-26(25)27(42)38-30-13-16-39(21-30)17-14-30/h7-10,15,22H,3-6,11-14,16-21H2,1-2H3,(H,38,42)/t22-/m1/s1. The van der Waals surface area contributed by atoms with Gasteiger partial charge in [-0.3, -0.25) is 9.59 Å². The molecule has 5 heterocycles. The van der Waals surface area contributed by atoms with E-state index in [-0.39, 0.29) is 49.1 Å². The molecule has 238 valence electrons. The lowest BCUT2D eigenvalue weighted by atomic mass is 9.83. The van der Waals surface area contributed by atoms with E-state index in [0.717, 1.165) is 32.5 Å². The summed E-state index contributed by atoms with van der Waals surface area (Å²) in [4.78, 5) is 42.6. The van der Waals surface area contributed by atoms with Crippen LogP contribution in [-0.2, 0) is 4.79 Å². The third kappa shape index (κ3) is 5.39. The van der Waals surface area contributed by atoms with Crippen molar-refractivity contribution in [2.45, 2.75) is 76.6 Å². The second-order valence-electron chi connectivity index (χ2n) is 12.7. The van der Waals surface area contributed by atoms with Crippen molar-refractivity contribution in [1.29, 1.82) is 0 Å². The molecular formula is C32H41F3N6O3. The number of alkyl halides is 3. The molecule has 2 aromatic rings. The number of rotatable bonds is 8. The number of nitrogens with one attached hydrogen (secondary N) is 1. The fraction of sp³-hybridized carbons (Fsp3) is 0.625. The minimum Gasteiger partial charge on any atom is -0.477 e. The number of fused-ring (bicyclic) bond motifs is 2. The van der Waals surface area contributed by atoms with Crippen LogP contribution in [0.15, 0.2) is 30.5 Å². The third-order valence-electron chi connectivity index (χ3n) is 10.1. The Morgan fingerprint density at radius 1 is 1.05 bits per heavy atom. The molecule has 3 saturated heterocycles. The van der Waals surface area contributed by atoms with Gasteiger partial charge in [-0.25, -0.2) is 9.97 Å². The number of hydrogen-bond acceptors (Lipinski definition) is 7. The topological polar surface area (TPSA) is 90.9 Å². The van der Waals surface area contributed by atoms with Gasteiger partial charge in [0.15, 0.2) is 5.69 Å². The van der Waals surface area contributed by atoms with Gasteiger partial charge in [-0.2, -0.15) is 13.2 Å². The SMILES string of the molecule is CCOc1ncccc1-c1ccc(N2CCN(C(=O)C3(C(F)(F)F)CCCC3)C[C@H]2CC)c(C(=O)NC23CCN(CC2)C3)n1. The number of nitrogens with zero attached hydrogens (tertiary/aromatic N) is 5. The highest BCUT2D eigenvalue weighted by Gasteiger charge is 2.62. The van der Waals surface area contributed by atoms with Crippen LogP contribution in [0.1, 0.15) is 69.3 Å². The van der Waals surface area contributed by atoms with Gasteiger partial charge >= 0.3 is 6.18 Å². The number of pyridine rings is 2. The van der Waals surface area contributed by atoms with Crippen LogP contribution in [0.2, 0.25) is 0 Å². The Morgan fingerprint density at radius 3 is 2.43 bits per heavy atom. The molecule has 0 radical (unpaired) electrons. The lowest BCUT2D eigenvalue weighted by molar-refractivity contribution is -0.226. The first kappa shape index (κ1) is 30.6. The highest BCUT2D eigenvalue weighted by atomic mass is 19.4. The Kier molecular flexibility index (Phi) is 8.23. The Labute approximate surface area is 256 Å². The van der Waals surface area contributed by atoms with Crippen LogP contribution >= 0.6 is 0 Å². The number of hydrogen-bond donors (Lipinski definition) is 1. The number of piperazine rings is 1. The van der Waals surface area contributed by atoms with Gasteiger partial charge in [0, 0.05) is 51.5 Å². The fourth-order valence-corrected chi connectivity index (χ4v) is 7.63. The Hall–Kier alpha value is -3.41. The van der Waals surface area contributed by atoms with E-state index in [0.29, 0.717) is 55.2 Å². The molecule has 4 aliphatic rings. The summed E-state index contributed by atoms with van der Waals surface area (Å²) in [7, 11) is 0. The Bertz CT molecular complexity index is 1390.